The van der Waals surface area contributed by atoms with E-state index < -0.39 is 10.4 Å². The second kappa shape index (κ2) is 4.44. The molecule has 0 spiro atoms. The van der Waals surface area contributed by atoms with Gasteiger partial charge in [0, 0.05) is 40.0 Å². The lowest BCUT2D eigenvalue weighted by molar-refractivity contribution is -0.139. The van der Waals surface area contributed by atoms with Crippen molar-refractivity contribution in [3.63, 3.8) is 0 Å². The van der Waals surface area contributed by atoms with Crippen LogP contribution in [0.25, 0.3) is 0 Å². The lowest BCUT2D eigenvalue weighted by Gasteiger charge is -2.40. The fourth-order valence-corrected chi connectivity index (χ4v) is 2.03. The number of urea groups is 1. The Balaban J connectivity index is 2.61. The molecular weight excluding hydrogens is 286 g/mol. The van der Waals surface area contributed by atoms with Crippen LogP contribution in [0.5, 0.6) is 0 Å². The molecule has 1 aliphatic heterocycles. The minimum absolute atomic E-state index is 0.134. The summed E-state index contributed by atoms with van der Waals surface area (Å²) in [6.07, 6.45) is -0.268. The van der Waals surface area contributed by atoms with Gasteiger partial charge >= 0.3 is 10.9 Å². The van der Waals surface area contributed by atoms with E-state index in [0.717, 1.165) is 0 Å². The number of nitrogens with zero attached hydrogens (tertiary/aromatic N) is 2. The van der Waals surface area contributed by atoms with Crippen LogP contribution in [-0.4, -0.2) is 58.6 Å². The normalized spacial score (nSPS) is 20.8. The van der Waals surface area contributed by atoms with Gasteiger partial charge in [-0.2, -0.15) is 8.78 Å². The molecule has 0 radical (unpaired) electrons. The number of hydrogen-bond donors (Lipinski definition) is 1. The molecule has 1 heterocycles. The van der Waals surface area contributed by atoms with Crippen LogP contribution in [0, 0.1) is 0 Å². The van der Waals surface area contributed by atoms with Gasteiger partial charge in [-0.15, -0.1) is 0 Å². The minimum Gasteiger partial charge on any atom is -0.382 e. The predicted molar refractivity (Wildman–Crippen MR) is 58.7 cm³/mol. The van der Waals surface area contributed by atoms with Crippen molar-refractivity contribution >= 4 is 22.0 Å². The maximum atomic E-state index is 13.0. The van der Waals surface area contributed by atoms with Crippen molar-refractivity contribution in [2.24, 2.45) is 0 Å². The molecule has 0 saturated carbocycles. The molecule has 0 bridgehead atoms. The molecule has 1 N–H and O–H groups in total. The SMILES string of the molecule is CN(C)C(=O)N1CCC(O)(C(F)(F)Br)CC1. The zero-order valence-electron chi connectivity index (χ0n) is 9.21. The fraction of sp³-hybridized carbons (Fsp3) is 0.889. The van der Waals surface area contributed by atoms with Gasteiger partial charge in [0.25, 0.3) is 0 Å². The smallest absolute Gasteiger partial charge is 0.329 e. The van der Waals surface area contributed by atoms with Crippen LogP contribution < -0.4 is 0 Å². The van der Waals surface area contributed by atoms with Crippen LogP contribution >= 0.6 is 15.9 Å². The molecule has 0 unspecified atom stereocenters. The van der Waals surface area contributed by atoms with E-state index in [1.54, 1.807) is 14.1 Å². The van der Waals surface area contributed by atoms with Gasteiger partial charge in [-0.3, -0.25) is 0 Å². The molecule has 0 atom stereocenters. The molecule has 1 saturated heterocycles. The summed E-state index contributed by atoms with van der Waals surface area (Å²) in [4.78, 5) is 11.1. The summed E-state index contributed by atoms with van der Waals surface area (Å²) in [6.45, 7) is 0.267. The van der Waals surface area contributed by atoms with E-state index >= 15 is 0 Å². The van der Waals surface area contributed by atoms with Crippen LogP contribution in [0.2, 0.25) is 0 Å². The monoisotopic (exact) mass is 300 g/mol. The van der Waals surface area contributed by atoms with E-state index in [4.69, 9.17) is 0 Å². The van der Waals surface area contributed by atoms with Gasteiger partial charge in [0.1, 0.15) is 5.60 Å². The van der Waals surface area contributed by atoms with Crippen molar-refractivity contribution in [1.29, 1.82) is 0 Å². The van der Waals surface area contributed by atoms with Gasteiger partial charge in [-0.25, -0.2) is 4.79 Å². The molecule has 1 aliphatic rings. The van der Waals surface area contributed by atoms with Gasteiger partial charge in [0.05, 0.1) is 0 Å². The van der Waals surface area contributed by atoms with Crippen molar-refractivity contribution in [2.45, 2.75) is 23.3 Å². The summed E-state index contributed by atoms with van der Waals surface area (Å²) in [5.74, 6) is 0. The Labute approximate surface area is 101 Å². The third-order valence-electron chi connectivity index (χ3n) is 2.77. The van der Waals surface area contributed by atoms with Gasteiger partial charge in [0.2, 0.25) is 0 Å². The number of halogens is 3. The van der Waals surface area contributed by atoms with E-state index in [2.05, 4.69) is 15.9 Å². The zero-order valence-corrected chi connectivity index (χ0v) is 10.8. The molecule has 94 valence electrons. The van der Waals surface area contributed by atoms with Crippen molar-refractivity contribution in [3.8, 4) is 0 Å². The molecule has 1 rings (SSSR count). The topological polar surface area (TPSA) is 43.8 Å². The first-order chi connectivity index (χ1) is 7.17. The molecule has 4 nitrogen and oxygen atoms in total. The molecule has 0 aromatic heterocycles. The summed E-state index contributed by atoms with van der Waals surface area (Å²) in [5.41, 5.74) is -2.06. The molecule has 16 heavy (non-hydrogen) atoms. The number of alkyl halides is 3. The number of likely N-dealkylation sites (tertiary alicyclic amines) is 1. The molecule has 7 heteroatoms. The van der Waals surface area contributed by atoms with Crippen LogP contribution in [0.15, 0.2) is 0 Å². The summed E-state index contributed by atoms with van der Waals surface area (Å²) >= 11 is 2.18. The first-order valence-corrected chi connectivity index (χ1v) is 5.72. The number of rotatable bonds is 1. The van der Waals surface area contributed by atoms with Gasteiger partial charge < -0.3 is 14.9 Å². The van der Waals surface area contributed by atoms with Crippen LogP contribution in [-0.2, 0) is 0 Å². The second-order valence-electron chi connectivity index (χ2n) is 4.19. The van der Waals surface area contributed by atoms with Gasteiger partial charge in [-0.05, 0) is 15.9 Å². The highest BCUT2D eigenvalue weighted by Gasteiger charge is 2.52. The zero-order chi connectivity index (χ0) is 12.6. The largest absolute Gasteiger partial charge is 0.382 e. The Morgan fingerprint density at radius 3 is 2.19 bits per heavy atom. The molecule has 1 fully saturated rings. The predicted octanol–water partition coefficient (Wildman–Crippen LogP) is 1.48. The Kier molecular flexibility index (Phi) is 3.79. The number of carbonyl (C=O) groups is 1. The molecule has 0 aromatic rings. The Hall–Kier alpha value is -0.430. The number of aliphatic hydroxyl groups is 1. The third-order valence-corrected chi connectivity index (χ3v) is 3.51. The number of hydrogen-bond acceptors (Lipinski definition) is 2. The summed E-state index contributed by atoms with van der Waals surface area (Å²) in [6, 6.07) is -0.222. The van der Waals surface area contributed by atoms with Crippen LogP contribution in [0.1, 0.15) is 12.8 Å². The molecule has 0 aliphatic carbocycles. The Morgan fingerprint density at radius 2 is 1.88 bits per heavy atom. The Bertz CT molecular complexity index is 273. The molecule has 0 aromatic carbocycles. The fourth-order valence-electron chi connectivity index (χ4n) is 1.63. The minimum atomic E-state index is -3.31. The number of piperidine rings is 1. The van der Waals surface area contributed by atoms with E-state index in [9.17, 15) is 18.7 Å². The van der Waals surface area contributed by atoms with Crippen molar-refractivity contribution in [2.75, 3.05) is 27.2 Å². The summed E-state index contributed by atoms with van der Waals surface area (Å²) in [7, 11) is 3.20. The highest BCUT2D eigenvalue weighted by atomic mass is 79.9. The highest BCUT2D eigenvalue weighted by Crippen LogP contribution is 2.41. The standard InChI is InChI=1S/C9H15BrF2N2O2/c1-13(2)7(15)14-5-3-8(16,4-6-14)9(10,11)12/h16H,3-6H2,1-2H3. The van der Waals surface area contributed by atoms with Crippen molar-refractivity contribution in [3.05, 3.63) is 0 Å². The average Bonchev–Trinajstić information content (AvgIpc) is 2.16. The quantitative estimate of drug-likeness (QED) is 0.746. The van der Waals surface area contributed by atoms with Crippen LogP contribution in [0.4, 0.5) is 13.6 Å². The molecular formula is C9H15BrF2N2O2. The Morgan fingerprint density at radius 1 is 1.44 bits per heavy atom. The van der Waals surface area contributed by atoms with Gasteiger partial charge in [-0.1, -0.05) is 0 Å². The summed E-state index contributed by atoms with van der Waals surface area (Å²) in [5, 5.41) is 9.70. The van der Waals surface area contributed by atoms with E-state index in [1.165, 1.54) is 9.80 Å². The number of carbonyl (C=O) groups excluding carboxylic acids is 1. The van der Waals surface area contributed by atoms with E-state index in [1.807, 2.05) is 0 Å². The second-order valence-corrected chi connectivity index (χ2v) is 5.19. The van der Waals surface area contributed by atoms with Crippen molar-refractivity contribution < 1.29 is 18.7 Å². The maximum absolute atomic E-state index is 13.0. The first-order valence-electron chi connectivity index (χ1n) is 4.93. The maximum Gasteiger partial charge on any atom is 0.329 e. The third kappa shape index (κ3) is 2.63. The average molecular weight is 301 g/mol. The van der Waals surface area contributed by atoms with Gasteiger partial charge in [0.15, 0.2) is 0 Å². The summed E-state index contributed by atoms with van der Waals surface area (Å²) < 4.78 is 26.1. The lowest BCUT2D eigenvalue weighted by atomic mass is 9.92. The van der Waals surface area contributed by atoms with Crippen LogP contribution in [0.3, 0.4) is 0 Å². The number of amides is 2. The van der Waals surface area contributed by atoms with Crippen molar-refractivity contribution in [1.82, 2.24) is 9.80 Å². The highest BCUT2D eigenvalue weighted by molar-refractivity contribution is 9.10. The first kappa shape index (κ1) is 13.6. The van der Waals surface area contributed by atoms with E-state index in [-0.39, 0.29) is 32.0 Å². The lowest BCUT2D eigenvalue weighted by Crippen LogP contribution is -2.55. The molecule has 2 amide bonds. The van der Waals surface area contributed by atoms with E-state index in [0.29, 0.717) is 0 Å².